The summed E-state index contributed by atoms with van der Waals surface area (Å²) in [5.41, 5.74) is 0.811. The van der Waals surface area contributed by atoms with Gasteiger partial charge in [-0.25, -0.2) is 9.37 Å². The summed E-state index contributed by atoms with van der Waals surface area (Å²) in [7, 11) is 0. The maximum Gasteiger partial charge on any atom is 0.254 e. The molecular formula is C19H22FN3O2. The molecule has 3 rings (SSSR count). The molecule has 0 aliphatic heterocycles. The van der Waals surface area contributed by atoms with Crippen LogP contribution in [0.3, 0.4) is 0 Å². The lowest BCUT2D eigenvalue weighted by Gasteiger charge is -2.16. The first-order valence-electron chi connectivity index (χ1n) is 8.73. The monoisotopic (exact) mass is 343 g/mol. The lowest BCUT2D eigenvalue weighted by molar-refractivity contribution is -0.122. The van der Waals surface area contributed by atoms with Crippen molar-refractivity contribution in [2.75, 3.05) is 0 Å². The number of carbonyl (C=O) groups is 1. The van der Waals surface area contributed by atoms with Crippen LogP contribution in [0, 0.1) is 5.82 Å². The fraction of sp³-hybridized carbons (Fsp3) is 0.421. The van der Waals surface area contributed by atoms with E-state index in [1.807, 2.05) is 6.92 Å². The van der Waals surface area contributed by atoms with Crippen LogP contribution >= 0.6 is 0 Å². The van der Waals surface area contributed by atoms with Crippen molar-refractivity contribution in [1.82, 2.24) is 14.9 Å². The first-order chi connectivity index (χ1) is 12.1. The van der Waals surface area contributed by atoms with Crippen molar-refractivity contribution in [3.63, 3.8) is 0 Å². The quantitative estimate of drug-likeness (QED) is 0.908. The Morgan fingerprint density at radius 1 is 1.32 bits per heavy atom. The van der Waals surface area contributed by atoms with Crippen molar-refractivity contribution in [2.24, 2.45) is 0 Å². The van der Waals surface area contributed by atoms with Gasteiger partial charge in [-0.2, -0.15) is 0 Å². The summed E-state index contributed by atoms with van der Waals surface area (Å²) in [5, 5.41) is 2.97. The Balaban J connectivity index is 1.94. The van der Waals surface area contributed by atoms with E-state index in [4.69, 9.17) is 0 Å². The van der Waals surface area contributed by atoms with Gasteiger partial charge in [0.1, 0.15) is 18.2 Å². The van der Waals surface area contributed by atoms with E-state index < -0.39 is 5.82 Å². The van der Waals surface area contributed by atoms with E-state index in [0.29, 0.717) is 23.5 Å². The third kappa shape index (κ3) is 4.13. The summed E-state index contributed by atoms with van der Waals surface area (Å²) in [6.07, 6.45) is 4.78. The number of hydrogen-bond acceptors (Lipinski definition) is 3. The van der Waals surface area contributed by atoms with E-state index in [1.165, 1.54) is 22.8 Å². The van der Waals surface area contributed by atoms with Gasteiger partial charge in [-0.1, -0.05) is 31.9 Å². The average molecular weight is 343 g/mol. The lowest BCUT2D eigenvalue weighted by atomic mass is 10.2. The molecule has 1 aromatic carbocycles. The Kier molecular flexibility index (Phi) is 5.26. The molecule has 25 heavy (non-hydrogen) atoms. The van der Waals surface area contributed by atoms with Crippen molar-refractivity contribution in [2.45, 2.75) is 51.6 Å². The van der Waals surface area contributed by atoms with Crippen LogP contribution in [0.15, 0.2) is 35.1 Å². The number of halogens is 1. The van der Waals surface area contributed by atoms with Crippen LogP contribution in [0.4, 0.5) is 4.39 Å². The SMILES string of the molecule is CCc1cc(=O)n(CC(=O)NC2CCCC2)c(-c2cccc(F)c2)n1. The van der Waals surface area contributed by atoms with Gasteiger partial charge >= 0.3 is 0 Å². The number of nitrogens with one attached hydrogen (secondary N) is 1. The van der Waals surface area contributed by atoms with Gasteiger partial charge in [-0.3, -0.25) is 14.2 Å². The van der Waals surface area contributed by atoms with E-state index in [1.54, 1.807) is 12.1 Å². The minimum absolute atomic E-state index is 0.113. The molecule has 1 aliphatic rings. The molecule has 0 unspecified atom stereocenters. The van der Waals surface area contributed by atoms with Crippen molar-refractivity contribution >= 4 is 5.91 Å². The molecule has 0 saturated heterocycles. The second-order valence-corrected chi connectivity index (χ2v) is 6.41. The largest absolute Gasteiger partial charge is 0.352 e. The Morgan fingerprint density at radius 2 is 2.08 bits per heavy atom. The lowest BCUT2D eigenvalue weighted by Crippen LogP contribution is -2.38. The Hall–Kier alpha value is -2.50. The summed E-state index contributed by atoms with van der Waals surface area (Å²) < 4.78 is 14.9. The summed E-state index contributed by atoms with van der Waals surface area (Å²) in [5.74, 6) is -0.293. The molecule has 1 heterocycles. The van der Waals surface area contributed by atoms with E-state index >= 15 is 0 Å². The predicted molar refractivity (Wildman–Crippen MR) is 93.7 cm³/mol. The molecule has 1 saturated carbocycles. The van der Waals surface area contributed by atoms with Crippen molar-refractivity contribution in [1.29, 1.82) is 0 Å². The highest BCUT2D eigenvalue weighted by molar-refractivity contribution is 5.76. The van der Waals surface area contributed by atoms with Crippen LogP contribution in [0.1, 0.15) is 38.3 Å². The van der Waals surface area contributed by atoms with Gasteiger partial charge in [0.2, 0.25) is 5.91 Å². The van der Waals surface area contributed by atoms with Crippen molar-refractivity contribution in [3.8, 4) is 11.4 Å². The molecule has 1 aromatic heterocycles. The van der Waals surface area contributed by atoms with Crippen LogP contribution in [0.2, 0.25) is 0 Å². The highest BCUT2D eigenvalue weighted by atomic mass is 19.1. The number of carbonyl (C=O) groups excluding carboxylic acids is 1. The standard InChI is InChI=1S/C19H22FN3O2/c1-2-15-11-18(25)23(12-17(24)21-16-8-3-4-9-16)19(22-15)13-6-5-7-14(20)10-13/h5-7,10-11,16H,2-4,8-9,12H2,1H3,(H,21,24). The average Bonchev–Trinajstić information content (AvgIpc) is 3.09. The Labute approximate surface area is 145 Å². The predicted octanol–water partition coefficient (Wildman–Crippen LogP) is 2.67. The number of nitrogens with zero attached hydrogens (tertiary/aromatic N) is 2. The third-order valence-electron chi connectivity index (χ3n) is 4.53. The minimum atomic E-state index is -0.407. The summed E-state index contributed by atoms with van der Waals surface area (Å²) in [4.78, 5) is 29.3. The summed E-state index contributed by atoms with van der Waals surface area (Å²) >= 11 is 0. The van der Waals surface area contributed by atoms with Crippen molar-refractivity contribution in [3.05, 3.63) is 52.2 Å². The highest BCUT2D eigenvalue weighted by Crippen LogP contribution is 2.19. The molecule has 1 aliphatic carbocycles. The van der Waals surface area contributed by atoms with Gasteiger partial charge in [0.05, 0.1) is 0 Å². The zero-order valence-corrected chi connectivity index (χ0v) is 14.3. The second-order valence-electron chi connectivity index (χ2n) is 6.41. The van der Waals surface area contributed by atoms with Gasteiger partial charge < -0.3 is 5.32 Å². The van der Waals surface area contributed by atoms with Gasteiger partial charge in [-0.15, -0.1) is 0 Å². The summed E-state index contributed by atoms with van der Waals surface area (Å²) in [6, 6.07) is 7.54. The van der Waals surface area contributed by atoms with Gasteiger partial charge in [0.15, 0.2) is 0 Å². The first-order valence-corrected chi connectivity index (χ1v) is 8.73. The zero-order valence-electron chi connectivity index (χ0n) is 14.3. The number of aryl methyl sites for hydroxylation is 1. The molecule has 1 fully saturated rings. The van der Waals surface area contributed by atoms with E-state index in [9.17, 15) is 14.0 Å². The maximum atomic E-state index is 13.6. The minimum Gasteiger partial charge on any atom is -0.352 e. The molecule has 0 radical (unpaired) electrons. The first kappa shape index (κ1) is 17.3. The number of aromatic nitrogens is 2. The molecule has 1 amide bonds. The Morgan fingerprint density at radius 3 is 2.76 bits per heavy atom. The van der Waals surface area contributed by atoms with Crippen LogP contribution in [0.25, 0.3) is 11.4 Å². The number of hydrogen-bond donors (Lipinski definition) is 1. The number of rotatable bonds is 5. The molecule has 0 spiro atoms. The topological polar surface area (TPSA) is 64.0 Å². The van der Waals surface area contributed by atoms with Gasteiger partial charge in [0, 0.05) is 23.4 Å². The molecule has 2 aromatic rings. The van der Waals surface area contributed by atoms with E-state index in [2.05, 4.69) is 10.3 Å². The highest BCUT2D eigenvalue weighted by Gasteiger charge is 2.19. The van der Waals surface area contributed by atoms with Crippen LogP contribution in [-0.2, 0) is 17.8 Å². The maximum absolute atomic E-state index is 13.6. The van der Waals surface area contributed by atoms with Gasteiger partial charge in [-0.05, 0) is 31.4 Å². The van der Waals surface area contributed by atoms with Crippen LogP contribution < -0.4 is 10.9 Å². The van der Waals surface area contributed by atoms with Crippen LogP contribution in [0.5, 0.6) is 0 Å². The normalized spacial score (nSPS) is 14.6. The Bertz CT molecular complexity index is 826. The van der Waals surface area contributed by atoms with Crippen LogP contribution in [-0.4, -0.2) is 21.5 Å². The van der Waals surface area contributed by atoms with Gasteiger partial charge in [0.25, 0.3) is 5.56 Å². The molecule has 0 bridgehead atoms. The number of amides is 1. The third-order valence-corrected chi connectivity index (χ3v) is 4.53. The van der Waals surface area contributed by atoms with E-state index in [0.717, 1.165) is 25.7 Å². The smallest absolute Gasteiger partial charge is 0.254 e. The molecule has 1 N–H and O–H groups in total. The number of benzene rings is 1. The fourth-order valence-electron chi connectivity index (χ4n) is 3.22. The molecular weight excluding hydrogens is 321 g/mol. The molecule has 6 heteroatoms. The fourth-order valence-corrected chi connectivity index (χ4v) is 3.22. The van der Waals surface area contributed by atoms with Crippen molar-refractivity contribution < 1.29 is 9.18 Å². The summed E-state index contributed by atoms with van der Waals surface area (Å²) in [6.45, 7) is 1.78. The molecule has 132 valence electrons. The van der Waals surface area contributed by atoms with E-state index in [-0.39, 0.29) is 24.1 Å². The second kappa shape index (κ2) is 7.59. The molecule has 0 atom stereocenters. The molecule has 5 nitrogen and oxygen atoms in total. The zero-order chi connectivity index (χ0) is 17.8.